The number of hydrogen-bond donors (Lipinski definition) is 3. The van der Waals surface area contributed by atoms with Crippen LogP contribution in [0, 0.1) is 0 Å². The molecule has 0 aromatic rings. The molecule has 0 atom stereocenters. The molecule has 15 heavy (non-hydrogen) atoms. The molecule has 0 spiro atoms. The maximum Gasteiger partial charge on any atom is 0.316 e. The third kappa shape index (κ3) is 7.60. The second-order valence-corrected chi connectivity index (χ2v) is 3.32. The summed E-state index contributed by atoms with van der Waals surface area (Å²) in [7, 11) is 3.39. The Morgan fingerprint density at radius 2 is 1.93 bits per heavy atom. The molecule has 0 saturated carbocycles. The second kappa shape index (κ2) is 7.90. The Labute approximate surface area is 90.9 Å². The molecule has 0 aliphatic rings. The molecule has 0 unspecified atom stereocenters. The van der Waals surface area contributed by atoms with Crippen LogP contribution < -0.4 is 16.4 Å². The maximum atomic E-state index is 11.1. The van der Waals surface area contributed by atoms with Gasteiger partial charge in [0.05, 0.1) is 0 Å². The van der Waals surface area contributed by atoms with Gasteiger partial charge in [0.15, 0.2) is 5.96 Å². The quantitative estimate of drug-likeness (QED) is 0.331. The highest BCUT2D eigenvalue weighted by atomic mass is 16.2. The Morgan fingerprint density at radius 3 is 2.47 bits per heavy atom. The van der Waals surface area contributed by atoms with Crippen molar-refractivity contribution in [1.29, 1.82) is 0 Å². The minimum Gasteiger partial charge on any atom is -0.370 e. The third-order valence-corrected chi connectivity index (χ3v) is 1.62. The monoisotopic (exact) mass is 215 g/mol. The van der Waals surface area contributed by atoms with Crippen LogP contribution in [0.5, 0.6) is 0 Å². The van der Waals surface area contributed by atoms with Crippen LogP contribution in [0.1, 0.15) is 13.3 Å². The number of guanidine groups is 1. The average Bonchev–Trinajstić information content (AvgIpc) is 2.20. The Balaban J connectivity index is 3.50. The van der Waals surface area contributed by atoms with Gasteiger partial charge in [-0.1, -0.05) is 6.92 Å². The van der Waals surface area contributed by atoms with Crippen LogP contribution in [0.2, 0.25) is 0 Å². The van der Waals surface area contributed by atoms with Gasteiger partial charge in [-0.05, 0) is 6.42 Å². The summed E-state index contributed by atoms with van der Waals surface area (Å²) in [6.07, 6.45) is 0.972. The van der Waals surface area contributed by atoms with E-state index in [1.807, 2.05) is 6.92 Å². The van der Waals surface area contributed by atoms with Crippen molar-refractivity contribution in [1.82, 2.24) is 15.5 Å². The Morgan fingerprint density at radius 1 is 1.33 bits per heavy atom. The van der Waals surface area contributed by atoms with Crippen molar-refractivity contribution in [3.63, 3.8) is 0 Å². The molecule has 0 aliphatic heterocycles. The summed E-state index contributed by atoms with van der Waals surface area (Å²) in [5.41, 5.74) is 5.55. The molecule has 0 fully saturated rings. The van der Waals surface area contributed by atoms with Gasteiger partial charge < -0.3 is 21.3 Å². The molecule has 6 nitrogen and oxygen atoms in total. The Hall–Kier alpha value is -1.46. The highest BCUT2D eigenvalue weighted by Gasteiger charge is 2.00. The van der Waals surface area contributed by atoms with Crippen molar-refractivity contribution in [3.05, 3.63) is 0 Å². The minimum absolute atomic E-state index is 0.110. The van der Waals surface area contributed by atoms with Crippen LogP contribution in [0.15, 0.2) is 4.99 Å². The molecule has 2 amide bonds. The fraction of sp³-hybridized carbons (Fsp3) is 0.778. The van der Waals surface area contributed by atoms with Gasteiger partial charge in [-0.25, -0.2) is 4.79 Å². The van der Waals surface area contributed by atoms with Gasteiger partial charge in [-0.2, -0.15) is 0 Å². The topological polar surface area (TPSA) is 82.7 Å². The van der Waals surface area contributed by atoms with E-state index in [9.17, 15) is 4.79 Å². The van der Waals surface area contributed by atoms with Crippen molar-refractivity contribution < 1.29 is 4.79 Å². The van der Waals surface area contributed by atoms with Gasteiger partial charge >= 0.3 is 6.03 Å². The van der Waals surface area contributed by atoms with E-state index in [-0.39, 0.29) is 6.03 Å². The fourth-order valence-corrected chi connectivity index (χ4v) is 0.806. The summed E-state index contributed by atoms with van der Waals surface area (Å²) in [5.74, 6) is 0.427. The lowest BCUT2D eigenvalue weighted by atomic mass is 10.5. The maximum absolute atomic E-state index is 11.1. The van der Waals surface area contributed by atoms with E-state index < -0.39 is 0 Å². The lowest BCUT2D eigenvalue weighted by Crippen LogP contribution is -2.41. The van der Waals surface area contributed by atoms with Crippen LogP contribution in [0.4, 0.5) is 4.79 Å². The Bertz CT molecular complexity index is 215. The number of nitrogens with two attached hydrogens (primary N) is 1. The summed E-state index contributed by atoms with van der Waals surface area (Å²) in [4.78, 5) is 16.6. The second-order valence-electron chi connectivity index (χ2n) is 3.32. The molecular formula is C9H21N5O. The smallest absolute Gasteiger partial charge is 0.316 e. The molecule has 6 heteroatoms. The predicted molar refractivity (Wildman–Crippen MR) is 61.9 cm³/mol. The first-order valence-electron chi connectivity index (χ1n) is 5.06. The number of aliphatic imine (C=N–C) groups is 1. The summed E-state index contributed by atoms with van der Waals surface area (Å²) in [6, 6.07) is -0.110. The van der Waals surface area contributed by atoms with E-state index in [0.29, 0.717) is 19.0 Å². The summed E-state index contributed by atoms with van der Waals surface area (Å²) >= 11 is 0. The van der Waals surface area contributed by atoms with Crippen molar-refractivity contribution in [2.45, 2.75) is 13.3 Å². The van der Waals surface area contributed by atoms with Gasteiger partial charge in [0.25, 0.3) is 0 Å². The number of nitrogens with zero attached hydrogens (tertiary/aromatic N) is 2. The van der Waals surface area contributed by atoms with E-state index in [0.717, 1.165) is 13.0 Å². The van der Waals surface area contributed by atoms with Crippen LogP contribution in [-0.2, 0) is 0 Å². The van der Waals surface area contributed by atoms with E-state index in [1.165, 1.54) is 4.90 Å². The molecule has 0 saturated heterocycles. The highest BCUT2D eigenvalue weighted by molar-refractivity contribution is 5.78. The van der Waals surface area contributed by atoms with Crippen molar-refractivity contribution >= 4 is 12.0 Å². The summed E-state index contributed by atoms with van der Waals surface area (Å²) in [5, 5.41) is 5.61. The number of hydrogen-bond acceptors (Lipinski definition) is 2. The normalized spacial score (nSPS) is 11.0. The number of rotatable bonds is 5. The summed E-state index contributed by atoms with van der Waals surface area (Å²) in [6.45, 7) is 3.87. The van der Waals surface area contributed by atoms with Crippen LogP contribution in [0.3, 0.4) is 0 Å². The third-order valence-electron chi connectivity index (χ3n) is 1.62. The van der Waals surface area contributed by atoms with Gasteiger partial charge in [0, 0.05) is 33.7 Å². The van der Waals surface area contributed by atoms with Crippen LogP contribution in [-0.4, -0.2) is 50.6 Å². The minimum atomic E-state index is -0.110. The zero-order valence-electron chi connectivity index (χ0n) is 9.71. The molecule has 0 bridgehead atoms. The van der Waals surface area contributed by atoms with Crippen molar-refractivity contribution in [2.75, 3.05) is 33.7 Å². The molecule has 88 valence electrons. The first-order valence-corrected chi connectivity index (χ1v) is 5.06. The molecule has 0 rings (SSSR count). The van der Waals surface area contributed by atoms with E-state index >= 15 is 0 Å². The zero-order chi connectivity index (χ0) is 11.7. The largest absolute Gasteiger partial charge is 0.370 e. The van der Waals surface area contributed by atoms with Crippen LogP contribution in [0.25, 0.3) is 0 Å². The number of urea groups is 1. The number of carbonyl (C=O) groups is 1. The number of amides is 2. The highest BCUT2D eigenvalue weighted by Crippen LogP contribution is 1.77. The zero-order valence-corrected chi connectivity index (χ0v) is 9.71. The van der Waals surface area contributed by atoms with Crippen LogP contribution >= 0.6 is 0 Å². The van der Waals surface area contributed by atoms with Gasteiger partial charge in [0.2, 0.25) is 0 Å². The van der Waals surface area contributed by atoms with Gasteiger partial charge in [-0.15, -0.1) is 0 Å². The number of carbonyl (C=O) groups excluding carboxylic acids is 1. The molecule has 0 aromatic heterocycles. The molecular weight excluding hydrogens is 194 g/mol. The predicted octanol–water partition coefficient (Wildman–Crippen LogP) is -0.428. The van der Waals surface area contributed by atoms with E-state index in [1.54, 1.807) is 14.1 Å². The van der Waals surface area contributed by atoms with Gasteiger partial charge in [0.1, 0.15) is 0 Å². The standard InChI is InChI=1S/C9H21N5O/c1-4-5-11-8(10)12-6-7-13-9(15)14(2)3/h4-7H2,1-3H3,(H,13,15)(H3,10,11,12). The molecule has 0 aliphatic carbocycles. The average molecular weight is 215 g/mol. The first-order chi connectivity index (χ1) is 7.07. The van der Waals surface area contributed by atoms with Crippen molar-refractivity contribution in [2.24, 2.45) is 10.7 Å². The van der Waals surface area contributed by atoms with Crippen molar-refractivity contribution in [3.8, 4) is 0 Å². The number of nitrogens with one attached hydrogen (secondary N) is 2. The molecule has 0 heterocycles. The SMILES string of the molecule is CCCN=C(N)NCCNC(=O)N(C)C. The molecule has 0 radical (unpaired) electrons. The lowest BCUT2D eigenvalue weighted by Gasteiger charge is -2.12. The van der Waals surface area contributed by atoms with E-state index in [4.69, 9.17) is 5.73 Å². The molecule has 4 N–H and O–H groups in total. The molecule has 0 aromatic carbocycles. The van der Waals surface area contributed by atoms with E-state index in [2.05, 4.69) is 15.6 Å². The lowest BCUT2D eigenvalue weighted by molar-refractivity contribution is 0.217. The first kappa shape index (κ1) is 13.5. The van der Waals surface area contributed by atoms with Gasteiger partial charge in [-0.3, -0.25) is 4.99 Å². The fourth-order valence-electron chi connectivity index (χ4n) is 0.806. The summed E-state index contributed by atoms with van der Waals surface area (Å²) < 4.78 is 0. The Kier molecular flexibility index (Phi) is 7.13.